The molecule has 1 atom stereocenters. The number of fused-ring (bicyclic) bond motifs is 1. The van der Waals surface area contributed by atoms with Crippen molar-refractivity contribution in [3.05, 3.63) is 42.3 Å². The zero-order valence-electron chi connectivity index (χ0n) is 13.3. The molecule has 0 unspecified atom stereocenters. The first kappa shape index (κ1) is 16.6. The van der Waals surface area contributed by atoms with Gasteiger partial charge in [0.2, 0.25) is 0 Å². The van der Waals surface area contributed by atoms with E-state index in [1.165, 1.54) is 12.4 Å². The van der Waals surface area contributed by atoms with Crippen LogP contribution in [0.2, 0.25) is 0 Å². The Morgan fingerprint density at radius 2 is 2.19 bits per heavy atom. The zero-order valence-corrected chi connectivity index (χ0v) is 13.3. The number of pyridine rings is 1. The minimum Gasteiger partial charge on any atom is -0.443 e. The summed E-state index contributed by atoms with van der Waals surface area (Å²) in [5.74, 6) is -0.390. The summed E-state index contributed by atoms with van der Waals surface area (Å²) in [4.78, 5) is 20.3. The zero-order chi connectivity index (χ0) is 18.3. The summed E-state index contributed by atoms with van der Waals surface area (Å²) < 4.78 is 51.4. The van der Waals surface area contributed by atoms with Crippen molar-refractivity contribution in [2.24, 2.45) is 0 Å². The molecule has 0 saturated carbocycles. The lowest BCUT2D eigenvalue weighted by molar-refractivity contribution is -0.137. The number of alkyl halides is 3. The van der Waals surface area contributed by atoms with Crippen molar-refractivity contribution < 1.29 is 27.1 Å². The van der Waals surface area contributed by atoms with Crippen LogP contribution in [0.5, 0.6) is 0 Å². The lowest BCUT2D eigenvalue weighted by Crippen LogP contribution is -2.35. The van der Waals surface area contributed by atoms with Gasteiger partial charge in [-0.1, -0.05) is 0 Å². The molecule has 1 saturated heterocycles. The summed E-state index contributed by atoms with van der Waals surface area (Å²) >= 11 is 0. The normalized spacial score (nSPS) is 17.7. The molecule has 10 heteroatoms. The molecule has 0 radical (unpaired) electrons. The molecule has 4 rings (SSSR count). The van der Waals surface area contributed by atoms with E-state index in [4.69, 9.17) is 9.15 Å². The van der Waals surface area contributed by atoms with Crippen LogP contribution in [-0.4, -0.2) is 39.5 Å². The van der Waals surface area contributed by atoms with Crippen molar-refractivity contribution in [3.63, 3.8) is 0 Å². The number of nitrogens with zero attached hydrogens (tertiary/aromatic N) is 3. The number of amides is 1. The summed E-state index contributed by atoms with van der Waals surface area (Å²) in [5.41, 5.74) is -0.658. The Morgan fingerprint density at radius 3 is 2.85 bits per heavy atom. The monoisotopic (exact) mass is 366 g/mol. The second-order valence-electron chi connectivity index (χ2n) is 5.88. The summed E-state index contributed by atoms with van der Waals surface area (Å²) in [7, 11) is 0. The van der Waals surface area contributed by atoms with Gasteiger partial charge < -0.3 is 14.5 Å². The number of halogens is 3. The fraction of sp³-hybridized carbons (Fsp3) is 0.312. The highest BCUT2D eigenvalue weighted by Crippen LogP contribution is 2.34. The van der Waals surface area contributed by atoms with Crippen LogP contribution in [0.15, 0.2) is 35.5 Å². The first-order chi connectivity index (χ1) is 12.4. The standard InChI is InChI=1S/C16H13F3N4O3/c17-16(18,19)9-3-11(13-5-20-8-26-13)14-21-4-12(23(14)6-9)15(24)22-10-1-2-25-7-10/h3-6,8,10H,1-2,7H2,(H,22,24)/t10-/m0/s1. The molecule has 0 aromatic carbocycles. The maximum Gasteiger partial charge on any atom is 0.417 e. The summed E-state index contributed by atoms with van der Waals surface area (Å²) in [6.45, 7) is 0.908. The van der Waals surface area contributed by atoms with E-state index in [1.54, 1.807) is 0 Å². The maximum absolute atomic E-state index is 13.3. The number of nitrogens with one attached hydrogen (secondary N) is 1. The summed E-state index contributed by atoms with van der Waals surface area (Å²) in [6.07, 6.45) is 0.547. The van der Waals surface area contributed by atoms with Gasteiger partial charge in [-0.2, -0.15) is 13.2 Å². The number of rotatable bonds is 3. The smallest absolute Gasteiger partial charge is 0.417 e. The van der Waals surface area contributed by atoms with Gasteiger partial charge >= 0.3 is 6.18 Å². The SMILES string of the molecule is O=C(N[C@H]1CCOC1)c1cnc2c(-c3cnco3)cc(C(F)(F)F)cn12. The molecular weight excluding hydrogens is 353 g/mol. The van der Waals surface area contributed by atoms with Gasteiger partial charge in [0.25, 0.3) is 5.91 Å². The van der Waals surface area contributed by atoms with Crippen LogP contribution in [0.1, 0.15) is 22.5 Å². The highest BCUT2D eigenvalue weighted by atomic mass is 19.4. The molecule has 3 aromatic heterocycles. The Kier molecular flexibility index (Phi) is 3.91. The number of imidazole rings is 1. The second kappa shape index (κ2) is 6.13. The van der Waals surface area contributed by atoms with E-state index in [9.17, 15) is 18.0 Å². The van der Waals surface area contributed by atoms with Crippen LogP contribution in [0, 0.1) is 0 Å². The minimum atomic E-state index is -4.60. The van der Waals surface area contributed by atoms with Gasteiger partial charge in [-0.25, -0.2) is 9.97 Å². The molecule has 1 aliphatic rings. The van der Waals surface area contributed by atoms with Crippen molar-refractivity contribution in [2.45, 2.75) is 18.6 Å². The molecule has 7 nitrogen and oxygen atoms in total. The lowest BCUT2D eigenvalue weighted by atomic mass is 10.1. The highest BCUT2D eigenvalue weighted by molar-refractivity contribution is 5.94. The Bertz CT molecular complexity index is 944. The van der Waals surface area contributed by atoms with Crippen LogP contribution in [0.3, 0.4) is 0 Å². The van der Waals surface area contributed by atoms with Crippen LogP contribution >= 0.6 is 0 Å². The number of aromatic nitrogens is 3. The van der Waals surface area contributed by atoms with E-state index < -0.39 is 17.6 Å². The first-order valence-electron chi connectivity index (χ1n) is 7.79. The Balaban J connectivity index is 1.82. The average Bonchev–Trinajstić information content (AvgIpc) is 3.34. The molecule has 0 aliphatic carbocycles. The third-order valence-corrected chi connectivity index (χ3v) is 4.13. The van der Waals surface area contributed by atoms with Crippen molar-refractivity contribution in [1.29, 1.82) is 0 Å². The number of ether oxygens (including phenoxy) is 1. The van der Waals surface area contributed by atoms with Crippen LogP contribution < -0.4 is 5.32 Å². The number of carbonyl (C=O) groups is 1. The van der Waals surface area contributed by atoms with Crippen molar-refractivity contribution in [2.75, 3.05) is 13.2 Å². The fourth-order valence-electron chi connectivity index (χ4n) is 2.85. The molecule has 1 aliphatic heterocycles. The van der Waals surface area contributed by atoms with E-state index >= 15 is 0 Å². The van der Waals surface area contributed by atoms with Crippen LogP contribution in [0.4, 0.5) is 13.2 Å². The average molecular weight is 366 g/mol. The number of carbonyl (C=O) groups excluding carboxylic acids is 1. The molecule has 1 amide bonds. The summed E-state index contributed by atoms with van der Waals surface area (Å²) in [5, 5.41) is 2.74. The van der Waals surface area contributed by atoms with Crippen molar-refractivity contribution in [1.82, 2.24) is 19.7 Å². The number of oxazole rings is 1. The molecule has 0 spiro atoms. The lowest BCUT2D eigenvalue weighted by Gasteiger charge is -2.13. The predicted molar refractivity (Wildman–Crippen MR) is 82.4 cm³/mol. The van der Waals surface area contributed by atoms with Gasteiger partial charge in [0.05, 0.1) is 36.2 Å². The third kappa shape index (κ3) is 2.92. The predicted octanol–water partition coefficient (Wildman–Crippen LogP) is 2.53. The molecule has 4 heterocycles. The highest BCUT2D eigenvalue weighted by Gasteiger charge is 2.33. The molecule has 3 aromatic rings. The van der Waals surface area contributed by atoms with E-state index in [0.29, 0.717) is 19.6 Å². The summed E-state index contributed by atoms with van der Waals surface area (Å²) in [6, 6.07) is 0.752. The molecule has 0 bridgehead atoms. The van der Waals surface area contributed by atoms with Crippen molar-refractivity contribution >= 4 is 11.6 Å². The van der Waals surface area contributed by atoms with E-state index in [1.807, 2.05) is 0 Å². The van der Waals surface area contributed by atoms with Gasteiger partial charge in [-0.3, -0.25) is 9.20 Å². The minimum absolute atomic E-state index is 0.00114. The quantitative estimate of drug-likeness (QED) is 0.770. The fourth-order valence-corrected chi connectivity index (χ4v) is 2.85. The Hall–Kier alpha value is -2.88. The first-order valence-corrected chi connectivity index (χ1v) is 7.79. The van der Waals surface area contributed by atoms with Gasteiger partial charge in [0.15, 0.2) is 12.2 Å². The molecule has 1 fully saturated rings. The van der Waals surface area contributed by atoms with Gasteiger partial charge in [0.1, 0.15) is 11.3 Å². The van der Waals surface area contributed by atoms with Gasteiger partial charge in [-0.15, -0.1) is 0 Å². The third-order valence-electron chi connectivity index (χ3n) is 4.13. The molecule has 136 valence electrons. The number of hydrogen-bond acceptors (Lipinski definition) is 5. The largest absolute Gasteiger partial charge is 0.443 e. The molecule has 26 heavy (non-hydrogen) atoms. The molecule has 1 N–H and O–H groups in total. The van der Waals surface area contributed by atoms with Crippen molar-refractivity contribution in [3.8, 4) is 11.3 Å². The van der Waals surface area contributed by atoms with Crippen LogP contribution in [-0.2, 0) is 10.9 Å². The van der Waals surface area contributed by atoms with Gasteiger partial charge in [-0.05, 0) is 12.5 Å². The second-order valence-corrected chi connectivity index (χ2v) is 5.88. The van der Waals surface area contributed by atoms with E-state index in [2.05, 4.69) is 15.3 Å². The van der Waals surface area contributed by atoms with Crippen LogP contribution in [0.25, 0.3) is 17.0 Å². The maximum atomic E-state index is 13.3. The van der Waals surface area contributed by atoms with Gasteiger partial charge in [0, 0.05) is 12.8 Å². The Labute approximate surface area is 144 Å². The Morgan fingerprint density at radius 1 is 1.35 bits per heavy atom. The molecular formula is C16H13F3N4O3. The topological polar surface area (TPSA) is 81.7 Å². The number of hydrogen-bond donors (Lipinski definition) is 1. The van der Waals surface area contributed by atoms with E-state index in [0.717, 1.165) is 23.1 Å². The van der Waals surface area contributed by atoms with E-state index in [-0.39, 0.29) is 28.7 Å².